The SMILES string of the molecule is CCOC(=O)C(CCCCCOc1ccc2c(-c3nc4cc(-c5ccccc5)ccc4o3)cccc2c1)C(=O)OCC. The van der Waals surface area contributed by atoms with Gasteiger partial charge in [-0.05, 0) is 85.0 Å². The average molecular weight is 566 g/mol. The number of fused-ring (bicyclic) bond motifs is 2. The fraction of sp³-hybridized carbons (Fsp3) is 0.286. The molecule has 7 heteroatoms. The van der Waals surface area contributed by atoms with Crippen molar-refractivity contribution < 1.29 is 28.2 Å². The second-order valence-corrected chi connectivity index (χ2v) is 10.0. The van der Waals surface area contributed by atoms with Crippen molar-refractivity contribution in [2.45, 2.75) is 39.5 Å². The van der Waals surface area contributed by atoms with Crippen LogP contribution in [0, 0.1) is 5.92 Å². The van der Waals surface area contributed by atoms with Crippen molar-refractivity contribution in [3.05, 3.63) is 84.9 Å². The summed E-state index contributed by atoms with van der Waals surface area (Å²) in [5.74, 6) is -0.540. The summed E-state index contributed by atoms with van der Waals surface area (Å²) < 4.78 is 22.3. The van der Waals surface area contributed by atoms with Crippen LogP contribution in [0.1, 0.15) is 39.5 Å². The Balaban J connectivity index is 1.20. The minimum Gasteiger partial charge on any atom is -0.494 e. The number of unbranched alkanes of at least 4 members (excludes halogenated alkanes) is 2. The summed E-state index contributed by atoms with van der Waals surface area (Å²) in [6.07, 6.45) is 2.71. The highest BCUT2D eigenvalue weighted by Crippen LogP contribution is 2.33. The van der Waals surface area contributed by atoms with Crippen LogP contribution in [-0.2, 0) is 19.1 Å². The van der Waals surface area contributed by atoms with Crippen LogP contribution in [0.5, 0.6) is 5.75 Å². The van der Waals surface area contributed by atoms with Gasteiger partial charge in [0.25, 0.3) is 0 Å². The van der Waals surface area contributed by atoms with E-state index in [1.165, 1.54) is 0 Å². The van der Waals surface area contributed by atoms with Gasteiger partial charge in [0.15, 0.2) is 11.5 Å². The summed E-state index contributed by atoms with van der Waals surface area (Å²) in [7, 11) is 0. The smallest absolute Gasteiger partial charge is 0.320 e. The van der Waals surface area contributed by atoms with E-state index >= 15 is 0 Å². The summed E-state index contributed by atoms with van der Waals surface area (Å²) in [4.78, 5) is 29.1. The average Bonchev–Trinajstić information content (AvgIpc) is 3.44. The predicted octanol–water partition coefficient (Wildman–Crippen LogP) is 8.00. The van der Waals surface area contributed by atoms with Gasteiger partial charge in [-0.1, -0.05) is 61.4 Å². The molecule has 1 aromatic heterocycles. The van der Waals surface area contributed by atoms with Gasteiger partial charge in [-0.3, -0.25) is 9.59 Å². The molecule has 0 aliphatic rings. The third-order valence-electron chi connectivity index (χ3n) is 7.13. The number of nitrogens with zero attached hydrogens (tertiary/aromatic N) is 1. The van der Waals surface area contributed by atoms with E-state index in [9.17, 15) is 9.59 Å². The number of rotatable bonds is 13. The molecule has 0 atom stereocenters. The summed E-state index contributed by atoms with van der Waals surface area (Å²) >= 11 is 0. The highest BCUT2D eigenvalue weighted by Gasteiger charge is 2.28. The van der Waals surface area contributed by atoms with Gasteiger partial charge < -0.3 is 18.6 Å². The van der Waals surface area contributed by atoms with Crippen molar-refractivity contribution >= 4 is 33.8 Å². The molecule has 0 spiro atoms. The predicted molar refractivity (Wildman–Crippen MR) is 163 cm³/mol. The van der Waals surface area contributed by atoms with Crippen LogP contribution in [-0.4, -0.2) is 36.7 Å². The highest BCUT2D eigenvalue weighted by molar-refractivity contribution is 5.97. The zero-order valence-corrected chi connectivity index (χ0v) is 24.0. The maximum Gasteiger partial charge on any atom is 0.320 e. The van der Waals surface area contributed by atoms with E-state index in [1.807, 2.05) is 60.7 Å². The second-order valence-electron chi connectivity index (χ2n) is 10.0. The van der Waals surface area contributed by atoms with Gasteiger partial charge in [0.05, 0.1) is 19.8 Å². The molecule has 0 amide bonds. The Morgan fingerprint density at radius 3 is 2.33 bits per heavy atom. The maximum absolute atomic E-state index is 12.1. The van der Waals surface area contributed by atoms with Crippen LogP contribution in [0.15, 0.2) is 89.3 Å². The second kappa shape index (κ2) is 13.8. The molecule has 5 rings (SSSR count). The highest BCUT2D eigenvalue weighted by atomic mass is 16.6. The van der Waals surface area contributed by atoms with Crippen molar-refractivity contribution in [2.75, 3.05) is 19.8 Å². The number of oxazole rings is 1. The number of ether oxygens (including phenoxy) is 3. The number of hydrogen-bond donors (Lipinski definition) is 0. The lowest BCUT2D eigenvalue weighted by molar-refractivity contribution is -0.161. The topological polar surface area (TPSA) is 87.9 Å². The molecule has 216 valence electrons. The van der Waals surface area contributed by atoms with Crippen molar-refractivity contribution in [3.63, 3.8) is 0 Å². The molecule has 0 unspecified atom stereocenters. The molecule has 0 saturated carbocycles. The molecule has 42 heavy (non-hydrogen) atoms. The molecule has 0 aliphatic heterocycles. The molecule has 0 N–H and O–H groups in total. The lowest BCUT2D eigenvalue weighted by Crippen LogP contribution is -2.28. The van der Waals surface area contributed by atoms with E-state index in [2.05, 4.69) is 24.3 Å². The standard InChI is InChI=1S/C35H35NO6/c1-3-39-34(37)30(35(38)40-4-2)15-9-6-10-21-41-27-18-19-28-26(22-27)14-11-16-29(28)33-36-31-23-25(17-20-32(31)42-33)24-12-7-5-8-13-24/h5,7-8,11-14,16-20,22-23,30H,3-4,6,9-10,15,21H2,1-2H3. The van der Waals surface area contributed by atoms with Gasteiger partial charge in [-0.2, -0.15) is 0 Å². The van der Waals surface area contributed by atoms with Crippen LogP contribution in [0.25, 0.3) is 44.5 Å². The Hall–Kier alpha value is -4.65. The van der Waals surface area contributed by atoms with Crippen molar-refractivity contribution in [2.24, 2.45) is 5.92 Å². The summed E-state index contributed by atoms with van der Waals surface area (Å²) in [5, 5.41) is 2.06. The zero-order valence-electron chi connectivity index (χ0n) is 24.0. The number of carbonyl (C=O) groups excluding carboxylic acids is 2. The Kier molecular flexibility index (Phi) is 9.49. The molecule has 7 nitrogen and oxygen atoms in total. The Labute approximate surface area is 245 Å². The molecule has 0 bridgehead atoms. The van der Waals surface area contributed by atoms with Crippen molar-refractivity contribution in [1.29, 1.82) is 0 Å². The first-order chi connectivity index (χ1) is 20.6. The van der Waals surface area contributed by atoms with Gasteiger partial charge in [0.2, 0.25) is 5.89 Å². The largest absolute Gasteiger partial charge is 0.494 e. The van der Waals surface area contributed by atoms with Crippen LogP contribution >= 0.6 is 0 Å². The third-order valence-corrected chi connectivity index (χ3v) is 7.13. The molecule has 0 aliphatic carbocycles. The Morgan fingerprint density at radius 1 is 0.786 bits per heavy atom. The Morgan fingerprint density at radius 2 is 1.57 bits per heavy atom. The van der Waals surface area contributed by atoms with Gasteiger partial charge in [-0.25, -0.2) is 4.98 Å². The first-order valence-corrected chi connectivity index (χ1v) is 14.5. The number of benzene rings is 4. The molecule has 5 aromatic rings. The molecule has 0 fully saturated rings. The third kappa shape index (κ3) is 6.79. The van der Waals surface area contributed by atoms with Crippen LogP contribution < -0.4 is 4.74 Å². The molecule has 1 heterocycles. The van der Waals surface area contributed by atoms with Gasteiger partial charge in [0.1, 0.15) is 11.3 Å². The zero-order chi connectivity index (χ0) is 29.3. The van der Waals surface area contributed by atoms with E-state index in [1.54, 1.807) is 13.8 Å². The number of aromatic nitrogens is 1. The summed E-state index contributed by atoms with van der Waals surface area (Å²) in [5.41, 5.74) is 4.73. The van der Waals surface area contributed by atoms with Gasteiger partial charge in [-0.15, -0.1) is 0 Å². The fourth-order valence-corrected chi connectivity index (χ4v) is 5.03. The lowest BCUT2D eigenvalue weighted by Gasteiger charge is -2.14. The van der Waals surface area contributed by atoms with E-state index in [4.69, 9.17) is 23.6 Å². The molecular weight excluding hydrogens is 530 g/mol. The van der Waals surface area contributed by atoms with Gasteiger partial charge in [0, 0.05) is 5.56 Å². The molecule has 4 aromatic carbocycles. The van der Waals surface area contributed by atoms with E-state index in [-0.39, 0.29) is 13.2 Å². The van der Waals surface area contributed by atoms with Gasteiger partial charge >= 0.3 is 11.9 Å². The van der Waals surface area contributed by atoms with E-state index in [0.29, 0.717) is 25.3 Å². The van der Waals surface area contributed by atoms with E-state index < -0.39 is 17.9 Å². The first kappa shape index (κ1) is 28.9. The quantitative estimate of drug-likeness (QED) is 0.0812. The summed E-state index contributed by atoms with van der Waals surface area (Å²) in [6.45, 7) is 4.45. The minimum atomic E-state index is -0.868. The van der Waals surface area contributed by atoms with Crippen LogP contribution in [0.3, 0.4) is 0 Å². The molecule has 0 radical (unpaired) electrons. The molecular formula is C35H35NO6. The number of carbonyl (C=O) groups is 2. The molecule has 0 saturated heterocycles. The fourth-order valence-electron chi connectivity index (χ4n) is 5.03. The Bertz CT molecular complexity index is 1640. The van der Waals surface area contributed by atoms with Crippen LogP contribution in [0.2, 0.25) is 0 Å². The minimum absolute atomic E-state index is 0.236. The van der Waals surface area contributed by atoms with Crippen LogP contribution in [0.4, 0.5) is 0 Å². The van der Waals surface area contributed by atoms with Crippen molar-refractivity contribution in [1.82, 2.24) is 4.98 Å². The summed E-state index contributed by atoms with van der Waals surface area (Å²) in [6, 6.07) is 28.4. The first-order valence-electron chi connectivity index (χ1n) is 14.5. The normalized spacial score (nSPS) is 11.2. The number of esters is 2. The van der Waals surface area contributed by atoms with E-state index in [0.717, 1.165) is 57.2 Å². The monoisotopic (exact) mass is 565 g/mol. The van der Waals surface area contributed by atoms with Crippen molar-refractivity contribution in [3.8, 4) is 28.3 Å². The maximum atomic E-state index is 12.1. The lowest BCUT2D eigenvalue weighted by atomic mass is 10.0. The number of hydrogen-bond acceptors (Lipinski definition) is 7.